The molecule has 0 amide bonds. The summed E-state index contributed by atoms with van der Waals surface area (Å²) >= 11 is 5.61. The molecule has 0 atom stereocenters. The van der Waals surface area contributed by atoms with E-state index in [1.165, 1.54) is 6.07 Å². The monoisotopic (exact) mass is 355 g/mol. The van der Waals surface area contributed by atoms with Crippen LogP contribution in [-0.2, 0) is 6.42 Å². The third kappa shape index (κ3) is 3.94. The van der Waals surface area contributed by atoms with Gasteiger partial charge in [0.15, 0.2) is 11.0 Å². The van der Waals surface area contributed by atoms with Crippen molar-refractivity contribution in [2.45, 2.75) is 26.1 Å². The number of rotatable bonds is 4. The van der Waals surface area contributed by atoms with Gasteiger partial charge in [0.2, 0.25) is 0 Å². The van der Waals surface area contributed by atoms with E-state index in [2.05, 4.69) is 24.6 Å². The van der Waals surface area contributed by atoms with Crippen LogP contribution in [0.3, 0.4) is 0 Å². The molecule has 7 heteroatoms. The van der Waals surface area contributed by atoms with Gasteiger partial charge in [-0.1, -0.05) is 48.6 Å². The molecule has 0 saturated heterocycles. The Morgan fingerprint density at radius 1 is 1.22 bits per heavy atom. The number of nitrogens with zero attached hydrogens (tertiary/aromatic N) is 1. The molecular weight excluding hydrogens is 340 g/mol. The molecule has 122 valence electrons. The van der Waals surface area contributed by atoms with Gasteiger partial charge in [0.05, 0.1) is 19.3 Å². The molecule has 0 fully saturated rings. The molecule has 0 aliphatic rings. The minimum Gasteiger partial charge on any atom is -0.478 e. The number of benzene rings is 1. The van der Waals surface area contributed by atoms with Gasteiger partial charge in [-0.3, -0.25) is 0 Å². The van der Waals surface area contributed by atoms with Crippen LogP contribution in [0, 0.1) is 11.6 Å². The van der Waals surface area contributed by atoms with Gasteiger partial charge in [0, 0.05) is 6.42 Å². The summed E-state index contributed by atoms with van der Waals surface area (Å²) in [5, 5.41) is 9.67. The van der Waals surface area contributed by atoms with Crippen LogP contribution in [0.2, 0.25) is 24.8 Å². The molecule has 0 unspecified atom stereocenters. The number of hydrogen-bond donors (Lipinski definition) is 1. The lowest BCUT2D eigenvalue weighted by molar-refractivity contribution is 0.0694. The zero-order valence-corrected chi connectivity index (χ0v) is 14.7. The topological polar surface area (TPSA) is 50.2 Å². The van der Waals surface area contributed by atoms with Gasteiger partial charge in [-0.25, -0.2) is 18.6 Å². The number of hydrogen-bond acceptors (Lipinski definition) is 2. The number of carboxylic acids is 1. The Kier molecular flexibility index (Phi) is 4.86. The second-order valence-electron chi connectivity index (χ2n) is 6.29. The Balaban J connectivity index is 2.44. The molecule has 2 aromatic rings. The maximum absolute atomic E-state index is 14.3. The molecule has 2 rings (SSSR count). The Morgan fingerprint density at radius 3 is 2.39 bits per heavy atom. The normalized spacial score (nSPS) is 11.6. The molecule has 0 radical (unpaired) electrons. The number of halogens is 3. The number of aromatic carboxylic acids is 1. The van der Waals surface area contributed by atoms with E-state index in [1.807, 2.05) is 6.07 Å². The first-order valence-electron chi connectivity index (χ1n) is 6.96. The van der Waals surface area contributed by atoms with Crippen molar-refractivity contribution in [2.24, 2.45) is 0 Å². The average molecular weight is 356 g/mol. The quantitative estimate of drug-likeness (QED) is 0.669. The molecule has 0 aliphatic carbocycles. The van der Waals surface area contributed by atoms with Crippen LogP contribution >= 0.6 is 11.6 Å². The Labute approximate surface area is 139 Å². The zero-order chi connectivity index (χ0) is 17.4. The highest BCUT2D eigenvalue weighted by Crippen LogP contribution is 2.20. The second-order valence-corrected chi connectivity index (χ2v) is 11.7. The van der Waals surface area contributed by atoms with Gasteiger partial charge < -0.3 is 5.11 Å². The lowest BCUT2D eigenvalue weighted by Crippen LogP contribution is -2.37. The van der Waals surface area contributed by atoms with Crippen molar-refractivity contribution >= 4 is 30.8 Å². The fraction of sp³-hybridized carbons (Fsp3) is 0.250. The first kappa shape index (κ1) is 17.6. The molecule has 0 aliphatic heterocycles. The molecular formula is C16H16ClF2NO2Si. The smallest absolute Gasteiger partial charge is 0.337 e. The van der Waals surface area contributed by atoms with Crippen LogP contribution in [0.15, 0.2) is 24.3 Å². The summed E-state index contributed by atoms with van der Waals surface area (Å²) < 4.78 is 27.7. The van der Waals surface area contributed by atoms with Gasteiger partial charge in [0.1, 0.15) is 5.82 Å². The van der Waals surface area contributed by atoms with Crippen molar-refractivity contribution in [3.05, 3.63) is 57.9 Å². The molecule has 3 nitrogen and oxygen atoms in total. The van der Waals surface area contributed by atoms with Crippen LogP contribution in [0.1, 0.15) is 21.6 Å². The summed E-state index contributed by atoms with van der Waals surface area (Å²) in [5.41, 5.74) is 0.00815. The average Bonchev–Trinajstić information content (AvgIpc) is 2.43. The van der Waals surface area contributed by atoms with Gasteiger partial charge in [0.25, 0.3) is 0 Å². The van der Waals surface area contributed by atoms with Crippen molar-refractivity contribution < 1.29 is 18.7 Å². The van der Waals surface area contributed by atoms with Crippen molar-refractivity contribution in [1.29, 1.82) is 0 Å². The fourth-order valence-corrected chi connectivity index (χ4v) is 3.46. The summed E-state index contributed by atoms with van der Waals surface area (Å²) in [7, 11) is -1.65. The standard InChI is InChI=1S/C16H16ClF2NO2Si/c1-23(2,3)10-5-4-9(12(18)7-10)6-14-11(16(21)22)8-13(19)15(17)20-14/h4-5,7-8H,6H2,1-3H3,(H,21,22). The van der Waals surface area contributed by atoms with Gasteiger partial charge in [-0.2, -0.15) is 0 Å². The first-order valence-corrected chi connectivity index (χ1v) is 10.8. The molecule has 1 aromatic heterocycles. The Morgan fingerprint density at radius 2 is 1.87 bits per heavy atom. The van der Waals surface area contributed by atoms with E-state index in [0.717, 1.165) is 11.3 Å². The van der Waals surface area contributed by atoms with Crippen LogP contribution in [0.5, 0.6) is 0 Å². The molecule has 1 N–H and O–H groups in total. The second kappa shape index (κ2) is 6.37. The molecule has 23 heavy (non-hydrogen) atoms. The van der Waals surface area contributed by atoms with E-state index in [0.29, 0.717) is 5.56 Å². The lowest BCUT2D eigenvalue weighted by atomic mass is 10.0. The lowest BCUT2D eigenvalue weighted by Gasteiger charge is -2.17. The van der Waals surface area contributed by atoms with E-state index in [-0.39, 0.29) is 17.7 Å². The summed E-state index contributed by atoms with van der Waals surface area (Å²) in [4.78, 5) is 15.0. The largest absolute Gasteiger partial charge is 0.478 e. The van der Waals surface area contributed by atoms with E-state index < -0.39 is 30.8 Å². The third-order valence-electron chi connectivity index (χ3n) is 3.52. The highest BCUT2D eigenvalue weighted by molar-refractivity contribution is 6.88. The van der Waals surface area contributed by atoms with Crippen LogP contribution in [0.25, 0.3) is 0 Å². The third-order valence-corrected chi connectivity index (χ3v) is 5.83. The van der Waals surface area contributed by atoms with E-state index in [9.17, 15) is 13.6 Å². The van der Waals surface area contributed by atoms with E-state index in [4.69, 9.17) is 16.7 Å². The van der Waals surface area contributed by atoms with Gasteiger partial charge >= 0.3 is 5.97 Å². The van der Waals surface area contributed by atoms with Crippen molar-refractivity contribution in [3.63, 3.8) is 0 Å². The number of carboxylic acid groups (broad SMARTS) is 1. The Bertz CT molecular complexity index is 775. The Hall–Kier alpha value is -1.79. The molecule has 1 heterocycles. The summed E-state index contributed by atoms with van der Waals surface area (Å²) in [6.07, 6.45) is -0.0700. The molecule has 0 saturated carbocycles. The van der Waals surface area contributed by atoms with E-state index >= 15 is 0 Å². The summed E-state index contributed by atoms with van der Waals surface area (Å²) in [6.45, 7) is 6.31. The maximum Gasteiger partial charge on any atom is 0.337 e. The number of carbonyl (C=O) groups is 1. The summed E-state index contributed by atoms with van der Waals surface area (Å²) in [6, 6.07) is 5.75. The summed E-state index contributed by atoms with van der Waals surface area (Å²) in [5.74, 6) is -2.67. The molecule has 0 spiro atoms. The zero-order valence-electron chi connectivity index (χ0n) is 13.0. The van der Waals surface area contributed by atoms with Gasteiger partial charge in [-0.05, 0) is 17.7 Å². The fourth-order valence-electron chi connectivity index (χ4n) is 2.16. The SMILES string of the molecule is C[Si](C)(C)c1ccc(Cc2nc(Cl)c(F)cc2C(=O)O)c(F)c1. The minimum absolute atomic E-state index is 0.0311. The molecule has 1 aromatic carbocycles. The highest BCUT2D eigenvalue weighted by Gasteiger charge is 2.20. The van der Waals surface area contributed by atoms with Gasteiger partial charge in [-0.15, -0.1) is 0 Å². The predicted octanol–water partition coefficient (Wildman–Crippen LogP) is 3.85. The van der Waals surface area contributed by atoms with Crippen LogP contribution in [-0.4, -0.2) is 24.1 Å². The van der Waals surface area contributed by atoms with E-state index in [1.54, 1.807) is 6.07 Å². The molecule has 0 bridgehead atoms. The minimum atomic E-state index is -1.65. The van der Waals surface area contributed by atoms with Crippen LogP contribution in [0.4, 0.5) is 8.78 Å². The predicted molar refractivity (Wildman–Crippen MR) is 88.4 cm³/mol. The van der Waals surface area contributed by atoms with Crippen LogP contribution < -0.4 is 5.19 Å². The number of aromatic nitrogens is 1. The van der Waals surface area contributed by atoms with Crippen molar-refractivity contribution in [2.75, 3.05) is 0 Å². The number of pyridine rings is 1. The van der Waals surface area contributed by atoms with Crippen molar-refractivity contribution in [1.82, 2.24) is 4.98 Å². The van der Waals surface area contributed by atoms with Crippen molar-refractivity contribution in [3.8, 4) is 0 Å². The first-order chi connectivity index (χ1) is 10.6. The maximum atomic E-state index is 14.3. The highest BCUT2D eigenvalue weighted by atomic mass is 35.5.